The molecule has 2 aliphatic rings. The van der Waals surface area contributed by atoms with Crippen LogP contribution < -0.4 is 11.1 Å². The monoisotopic (exact) mass is 425 g/mol. The predicted molar refractivity (Wildman–Crippen MR) is 103 cm³/mol. The van der Waals surface area contributed by atoms with Gasteiger partial charge in [0.25, 0.3) is 0 Å². The number of H-pyrrole nitrogens is 1. The molecular weight excluding hydrogens is 410 g/mol. The van der Waals surface area contributed by atoms with Gasteiger partial charge in [0.1, 0.15) is 17.7 Å². The molecule has 136 valence electrons. The molecule has 0 aliphatic heterocycles. The maximum absolute atomic E-state index is 12.0. The Bertz CT molecular complexity index is 1060. The first kappa shape index (κ1) is 16.4. The Morgan fingerprint density at radius 3 is 2.78 bits per heavy atom. The molecule has 3 heterocycles. The first-order valence-electron chi connectivity index (χ1n) is 8.65. The van der Waals surface area contributed by atoms with Crippen LogP contribution in [0.15, 0.2) is 41.5 Å². The molecule has 9 heteroatoms. The number of anilines is 1. The van der Waals surface area contributed by atoms with Crippen LogP contribution in [0, 0.1) is 17.8 Å². The fourth-order valence-corrected chi connectivity index (χ4v) is 4.62. The van der Waals surface area contributed by atoms with Gasteiger partial charge in [-0.1, -0.05) is 12.2 Å². The van der Waals surface area contributed by atoms with Crippen LogP contribution in [0.1, 0.15) is 6.42 Å². The van der Waals surface area contributed by atoms with E-state index in [0.717, 1.165) is 27.7 Å². The summed E-state index contributed by atoms with van der Waals surface area (Å²) in [7, 11) is 0. The van der Waals surface area contributed by atoms with E-state index < -0.39 is 0 Å². The summed E-state index contributed by atoms with van der Waals surface area (Å²) in [4.78, 5) is 32.3. The number of rotatable bonds is 4. The number of hydrogen-bond donors (Lipinski definition) is 3. The van der Waals surface area contributed by atoms with E-state index in [9.17, 15) is 4.79 Å². The molecule has 5 rings (SSSR count). The minimum absolute atomic E-state index is 0.0498. The minimum Gasteiger partial charge on any atom is -0.378 e. The first-order valence-corrected chi connectivity index (χ1v) is 9.45. The summed E-state index contributed by atoms with van der Waals surface area (Å²) in [5.41, 5.74) is 8.63. The van der Waals surface area contributed by atoms with Gasteiger partial charge in [-0.05, 0) is 34.2 Å². The first-order chi connectivity index (χ1) is 13.1. The third kappa shape index (κ3) is 2.61. The number of amides is 1. The molecule has 0 radical (unpaired) electrons. The quantitative estimate of drug-likeness (QED) is 0.550. The number of primary amides is 1. The molecule has 0 aromatic carbocycles. The number of imidazole rings is 1. The molecule has 1 saturated carbocycles. The van der Waals surface area contributed by atoms with Crippen molar-refractivity contribution in [1.29, 1.82) is 0 Å². The van der Waals surface area contributed by atoms with Gasteiger partial charge in [-0.3, -0.25) is 4.79 Å². The Morgan fingerprint density at radius 2 is 2.00 bits per heavy atom. The van der Waals surface area contributed by atoms with Gasteiger partial charge in [0.2, 0.25) is 5.91 Å². The van der Waals surface area contributed by atoms with E-state index in [1.807, 2.05) is 0 Å². The fourth-order valence-electron chi connectivity index (χ4n) is 4.21. The van der Waals surface area contributed by atoms with E-state index in [2.05, 4.69) is 58.3 Å². The minimum atomic E-state index is -0.266. The van der Waals surface area contributed by atoms with E-state index in [0.29, 0.717) is 11.5 Å². The van der Waals surface area contributed by atoms with Crippen molar-refractivity contribution in [3.05, 3.63) is 41.5 Å². The lowest BCUT2D eigenvalue weighted by molar-refractivity contribution is -0.122. The van der Waals surface area contributed by atoms with Gasteiger partial charge in [-0.25, -0.2) is 19.9 Å². The highest BCUT2D eigenvalue weighted by Gasteiger charge is 2.47. The Balaban J connectivity index is 1.57. The molecule has 3 aromatic heterocycles. The number of carbonyl (C=O) groups excluding carboxylic acids is 1. The van der Waals surface area contributed by atoms with E-state index in [-0.39, 0.29) is 29.7 Å². The lowest BCUT2D eigenvalue weighted by atomic mass is 9.88. The second-order valence-corrected chi connectivity index (χ2v) is 7.79. The van der Waals surface area contributed by atoms with Crippen molar-refractivity contribution in [2.45, 2.75) is 12.5 Å². The van der Waals surface area contributed by atoms with Crippen LogP contribution in [0.4, 0.5) is 5.69 Å². The highest BCUT2D eigenvalue weighted by Crippen LogP contribution is 2.46. The van der Waals surface area contributed by atoms with Crippen LogP contribution >= 0.6 is 15.9 Å². The van der Waals surface area contributed by atoms with Gasteiger partial charge in [-0.15, -0.1) is 0 Å². The summed E-state index contributed by atoms with van der Waals surface area (Å²) in [6, 6.07) is -0.0498. The highest BCUT2D eigenvalue weighted by atomic mass is 79.9. The summed E-state index contributed by atoms with van der Waals surface area (Å²) >= 11 is 3.57. The molecule has 1 amide bonds. The molecule has 3 aromatic rings. The SMILES string of the molecule is NC(=O)[C@H]1C2C=C[C@@H](C2)[C@H]1Nc1c(Br)cnc2nc(-c3cncnc3)[nH]c12. The zero-order valence-electron chi connectivity index (χ0n) is 14.1. The van der Waals surface area contributed by atoms with Crippen LogP contribution in [0.5, 0.6) is 0 Å². The third-order valence-electron chi connectivity index (χ3n) is 5.41. The molecule has 1 unspecified atom stereocenters. The number of nitrogens with zero attached hydrogens (tertiary/aromatic N) is 4. The lowest BCUT2D eigenvalue weighted by Crippen LogP contribution is -2.41. The molecule has 0 saturated heterocycles. The standard InChI is InChI=1S/C18H16BrN7O/c19-11-6-23-18-15(25-17(26-18)10-4-21-7-22-5-10)14(11)24-13-9-2-1-8(3-9)12(13)16(20)27/h1-2,4-9,12-13H,3H2,(H2,20,27)(H2,23,24,25,26)/t8?,9-,12-,13+/m0/s1. The number of carbonyl (C=O) groups is 1. The van der Waals surface area contributed by atoms with Crippen LogP contribution in [-0.4, -0.2) is 36.9 Å². The second-order valence-electron chi connectivity index (χ2n) is 6.94. The number of aromatic amines is 1. The maximum atomic E-state index is 12.0. The van der Waals surface area contributed by atoms with E-state index >= 15 is 0 Å². The number of halogens is 1. The van der Waals surface area contributed by atoms with Gasteiger partial charge >= 0.3 is 0 Å². The number of pyridine rings is 1. The van der Waals surface area contributed by atoms with Crippen molar-refractivity contribution in [3.8, 4) is 11.4 Å². The maximum Gasteiger partial charge on any atom is 0.223 e. The largest absolute Gasteiger partial charge is 0.378 e. The summed E-state index contributed by atoms with van der Waals surface area (Å²) in [6.45, 7) is 0. The molecule has 4 N–H and O–H groups in total. The van der Waals surface area contributed by atoms with Gasteiger partial charge < -0.3 is 16.0 Å². The Hall–Kier alpha value is -2.81. The van der Waals surface area contributed by atoms with Crippen molar-refractivity contribution in [2.24, 2.45) is 23.5 Å². The Labute approximate surface area is 162 Å². The summed E-state index contributed by atoms with van der Waals surface area (Å²) in [5, 5.41) is 3.54. The number of nitrogens with one attached hydrogen (secondary N) is 2. The molecule has 2 aliphatic carbocycles. The molecule has 1 fully saturated rings. The van der Waals surface area contributed by atoms with Gasteiger partial charge in [-0.2, -0.15) is 0 Å². The molecule has 8 nitrogen and oxygen atoms in total. The zero-order chi connectivity index (χ0) is 18.5. The Kier molecular flexibility index (Phi) is 3.71. The van der Waals surface area contributed by atoms with Gasteiger partial charge in [0.05, 0.1) is 21.6 Å². The van der Waals surface area contributed by atoms with E-state index in [1.165, 1.54) is 6.33 Å². The predicted octanol–water partition coefficient (Wildman–Crippen LogP) is 2.27. The van der Waals surface area contributed by atoms with E-state index in [1.54, 1.807) is 18.6 Å². The van der Waals surface area contributed by atoms with Crippen molar-refractivity contribution >= 4 is 38.7 Å². The highest BCUT2D eigenvalue weighted by molar-refractivity contribution is 9.10. The van der Waals surface area contributed by atoms with Crippen molar-refractivity contribution in [2.75, 3.05) is 5.32 Å². The molecule has 4 atom stereocenters. The number of nitrogens with two attached hydrogens (primary N) is 1. The summed E-state index contributed by atoms with van der Waals surface area (Å²) in [6.07, 6.45) is 11.8. The van der Waals surface area contributed by atoms with Gasteiger partial charge in [0.15, 0.2) is 5.65 Å². The fraction of sp³-hybridized carbons (Fsp3) is 0.278. The number of aromatic nitrogens is 5. The van der Waals surface area contributed by atoms with Gasteiger partial charge in [0, 0.05) is 24.6 Å². The van der Waals surface area contributed by atoms with Crippen molar-refractivity contribution in [1.82, 2.24) is 24.9 Å². The molecule has 0 spiro atoms. The normalized spacial score (nSPS) is 26.0. The zero-order valence-corrected chi connectivity index (χ0v) is 15.7. The lowest BCUT2D eigenvalue weighted by Gasteiger charge is -2.28. The van der Waals surface area contributed by atoms with Crippen molar-refractivity contribution in [3.63, 3.8) is 0 Å². The topological polar surface area (TPSA) is 122 Å². The number of fused-ring (bicyclic) bond motifs is 3. The van der Waals surface area contributed by atoms with Crippen LogP contribution in [0.25, 0.3) is 22.6 Å². The second kappa shape index (κ2) is 6.12. The van der Waals surface area contributed by atoms with Crippen LogP contribution in [0.2, 0.25) is 0 Å². The average molecular weight is 426 g/mol. The molecular formula is C18H16BrN7O. The molecule has 2 bridgehead atoms. The number of allylic oxidation sites excluding steroid dienone is 1. The number of hydrogen-bond acceptors (Lipinski definition) is 6. The third-order valence-corrected chi connectivity index (χ3v) is 6.01. The Morgan fingerprint density at radius 1 is 1.22 bits per heavy atom. The van der Waals surface area contributed by atoms with Crippen LogP contribution in [0.3, 0.4) is 0 Å². The summed E-state index contributed by atoms with van der Waals surface area (Å²) in [5.74, 6) is 0.642. The molecule has 27 heavy (non-hydrogen) atoms. The summed E-state index contributed by atoms with van der Waals surface area (Å²) < 4.78 is 0.796. The van der Waals surface area contributed by atoms with E-state index in [4.69, 9.17) is 5.73 Å². The smallest absolute Gasteiger partial charge is 0.223 e. The van der Waals surface area contributed by atoms with Crippen LogP contribution in [-0.2, 0) is 4.79 Å². The van der Waals surface area contributed by atoms with Crippen molar-refractivity contribution < 1.29 is 4.79 Å². The average Bonchev–Trinajstić information content (AvgIpc) is 3.38.